The molecule has 5 nitrogen and oxygen atoms in total. The first-order valence-corrected chi connectivity index (χ1v) is 7.12. The van der Waals surface area contributed by atoms with Crippen LogP contribution in [0.2, 0.25) is 0 Å². The average Bonchev–Trinajstić information content (AvgIpc) is 2.55. The van der Waals surface area contributed by atoms with Crippen molar-refractivity contribution in [3.05, 3.63) is 47.0 Å². The van der Waals surface area contributed by atoms with E-state index in [4.69, 9.17) is 9.47 Å². The van der Waals surface area contributed by atoms with Gasteiger partial charge >= 0.3 is 0 Å². The Labute approximate surface area is 141 Å². The van der Waals surface area contributed by atoms with Crippen LogP contribution in [-0.4, -0.2) is 31.0 Å². The van der Waals surface area contributed by atoms with Gasteiger partial charge in [0.25, 0.3) is 0 Å². The first-order chi connectivity index (χ1) is 10.7. The van der Waals surface area contributed by atoms with Gasteiger partial charge < -0.3 is 25.0 Å². The molecule has 1 heterocycles. The monoisotopic (exact) mass is 337 g/mol. The molecule has 1 aliphatic rings. The topological polar surface area (TPSA) is 71.0 Å². The number of benzene rings is 2. The van der Waals surface area contributed by atoms with Crippen molar-refractivity contribution in [1.29, 1.82) is 0 Å². The number of phenols is 2. The zero-order valence-electron chi connectivity index (χ0n) is 13.0. The highest BCUT2D eigenvalue weighted by atomic mass is 35.5. The lowest BCUT2D eigenvalue weighted by atomic mass is 9.85. The summed E-state index contributed by atoms with van der Waals surface area (Å²) in [4.78, 5) is 0. The van der Waals surface area contributed by atoms with Gasteiger partial charge in [-0.05, 0) is 29.3 Å². The Morgan fingerprint density at radius 1 is 1.04 bits per heavy atom. The second-order valence-corrected chi connectivity index (χ2v) is 5.30. The summed E-state index contributed by atoms with van der Waals surface area (Å²) >= 11 is 0. The zero-order valence-corrected chi connectivity index (χ0v) is 13.8. The largest absolute Gasteiger partial charge is 0.504 e. The first kappa shape index (κ1) is 17.2. The summed E-state index contributed by atoms with van der Waals surface area (Å²) in [6.07, 6.45) is 0. The summed E-state index contributed by atoms with van der Waals surface area (Å²) in [7, 11) is 3.07. The molecule has 0 spiro atoms. The van der Waals surface area contributed by atoms with Crippen molar-refractivity contribution in [2.75, 3.05) is 20.8 Å². The van der Waals surface area contributed by atoms with Gasteiger partial charge in [0.2, 0.25) is 0 Å². The highest BCUT2D eigenvalue weighted by Crippen LogP contribution is 2.40. The average molecular weight is 338 g/mol. The molecule has 1 aliphatic heterocycles. The Hall–Kier alpha value is -2.11. The smallest absolute Gasteiger partial charge is 0.162 e. The first-order valence-electron chi connectivity index (χ1n) is 7.12. The van der Waals surface area contributed by atoms with Crippen LogP contribution in [0.5, 0.6) is 23.0 Å². The second-order valence-electron chi connectivity index (χ2n) is 5.30. The minimum absolute atomic E-state index is 0. The van der Waals surface area contributed by atoms with Crippen LogP contribution in [0.15, 0.2) is 30.3 Å². The Balaban J connectivity index is 0.00000192. The van der Waals surface area contributed by atoms with Gasteiger partial charge in [-0.3, -0.25) is 0 Å². The molecular formula is C17H20ClNO4. The van der Waals surface area contributed by atoms with E-state index in [1.54, 1.807) is 19.2 Å². The van der Waals surface area contributed by atoms with Crippen LogP contribution in [0.4, 0.5) is 0 Å². The molecular weight excluding hydrogens is 318 g/mol. The standard InChI is InChI=1S/C17H19NO4.ClH/c1-21-15-6-4-11-12(8-18-9-13(11)17(15)20)10-3-5-14(19)16(7-10)22-2;/h3-7,12,18-20H,8-9H2,1-2H3;1H. The van der Waals surface area contributed by atoms with Crippen molar-refractivity contribution < 1.29 is 19.7 Å². The van der Waals surface area contributed by atoms with E-state index in [1.165, 1.54) is 7.11 Å². The summed E-state index contributed by atoms with van der Waals surface area (Å²) in [6.45, 7) is 1.36. The maximum absolute atomic E-state index is 10.3. The number of hydrogen-bond acceptors (Lipinski definition) is 5. The van der Waals surface area contributed by atoms with Crippen LogP contribution in [0, 0.1) is 0 Å². The molecule has 0 aromatic heterocycles. The van der Waals surface area contributed by atoms with E-state index < -0.39 is 0 Å². The van der Waals surface area contributed by atoms with Crippen LogP contribution in [0.3, 0.4) is 0 Å². The number of halogens is 1. The molecule has 2 aromatic carbocycles. The molecule has 1 atom stereocenters. The van der Waals surface area contributed by atoms with Gasteiger partial charge in [0.1, 0.15) is 0 Å². The number of methoxy groups -OCH3 is 2. The van der Waals surface area contributed by atoms with Crippen molar-refractivity contribution >= 4 is 12.4 Å². The Kier molecular flexibility index (Phi) is 5.23. The van der Waals surface area contributed by atoms with Gasteiger partial charge in [0.15, 0.2) is 23.0 Å². The number of fused-ring (bicyclic) bond motifs is 1. The van der Waals surface area contributed by atoms with Gasteiger partial charge in [0.05, 0.1) is 14.2 Å². The third kappa shape index (κ3) is 3.02. The van der Waals surface area contributed by atoms with Gasteiger partial charge in [-0.25, -0.2) is 0 Å². The summed E-state index contributed by atoms with van der Waals surface area (Å²) in [5.74, 6) is 1.30. The minimum atomic E-state index is 0. The third-order valence-electron chi connectivity index (χ3n) is 4.13. The van der Waals surface area contributed by atoms with E-state index in [2.05, 4.69) is 5.32 Å². The molecule has 0 saturated heterocycles. The van der Waals surface area contributed by atoms with E-state index in [9.17, 15) is 10.2 Å². The summed E-state index contributed by atoms with van der Waals surface area (Å²) in [5.41, 5.74) is 2.93. The fraction of sp³-hybridized carbons (Fsp3) is 0.294. The lowest BCUT2D eigenvalue weighted by Crippen LogP contribution is -2.29. The molecule has 124 valence electrons. The number of rotatable bonds is 3. The van der Waals surface area contributed by atoms with E-state index in [0.29, 0.717) is 18.0 Å². The van der Waals surface area contributed by atoms with Crippen molar-refractivity contribution in [3.63, 3.8) is 0 Å². The third-order valence-corrected chi connectivity index (χ3v) is 4.13. The molecule has 3 N–H and O–H groups in total. The van der Waals surface area contributed by atoms with Crippen molar-refractivity contribution in [2.24, 2.45) is 0 Å². The molecule has 0 aliphatic carbocycles. The Bertz CT molecular complexity index is 705. The van der Waals surface area contributed by atoms with Crippen molar-refractivity contribution in [1.82, 2.24) is 5.32 Å². The van der Waals surface area contributed by atoms with Crippen molar-refractivity contribution in [2.45, 2.75) is 12.5 Å². The summed E-state index contributed by atoms with van der Waals surface area (Å²) in [6, 6.07) is 9.10. The molecule has 0 saturated carbocycles. The molecule has 1 unspecified atom stereocenters. The minimum Gasteiger partial charge on any atom is -0.504 e. The van der Waals surface area contributed by atoms with E-state index >= 15 is 0 Å². The van der Waals surface area contributed by atoms with Crippen LogP contribution in [-0.2, 0) is 6.54 Å². The second kappa shape index (κ2) is 6.98. The number of phenolic OH excluding ortho intramolecular Hbond substituents is 2. The molecule has 0 amide bonds. The van der Waals surface area contributed by atoms with Crippen LogP contribution < -0.4 is 14.8 Å². The molecule has 0 radical (unpaired) electrons. The van der Waals surface area contributed by atoms with E-state index in [0.717, 1.165) is 23.2 Å². The number of hydrogen-bond donors (Lipinski definition) is 3. The summed E-state index contributed by atoms with van der Waals surface area (Å²) < 4.78 is 10.4. The van der Waals surface area contributed by atoms with Crippen molar-refractivity contribution in [3.8, 4) is 23.0 Å². The van der Waals surface area contributed by atoms with Crippen LogP contribution in [0.25, 0.3) is 0 Å². The maximum atomic E-state index is 10.3. The van der Waals surface area contributed by atoms with Gasteiger partial charge in [-0.1, -0.05) is 12.1 Å². The van der Waals surface area contributed by atoms with Gasteiger partial charge in [-0.2, -0.15) is 0 Å². The quantitative estimate of drug-likeness (QED) is 0.803. The van der Waals surface area contributed by atoms with E-state index in [-0.39, 0.29) is 29.8 Å². The highest BCUT2D eigenvalue weighted by Gasteiger charge is 2.26. The molecule has 0 fully saturated rings. The van der Waals surface area contributed by atoms with Gasteiger partial charge in [-0.15, -0.1) is 12.4 Å². The van der Waals surface area contributed by atoms with E-state index in [1.807, 2.05) is 18.2 Å². The fourth-order valence-corrected chi connectivity index (χ4v) is 2.97. The summed E-state index contributed by atoms with van der Waals surface area (Å²) in [5, 5.41) is 23.4. The predicted molar refractivity (Wildman–Crippen MR) is 90.1 cm³/mol. The number of ether oxygens (including phenoxy) is 2. The molecule has 0 bridgehead atoms. The molecule has 6 heteroatoms. The van der Waals surface area contributed by atoms with Gasteiger partial charge in [0, 0.05) is 24.6 Å². The fourth-order valence-electron chi connectivity index (χ4n) is 2.97. The molecule has 3 rings (SSSR count). The Morgan fingerprint density at radius 3 is 2.48 bits per heavy atom. The Morgan fingerprint density at radius 2 is 1.78 bits per heavy atom. The van der Waals surface area contributed by atoms with Crippen LogP contribution >= 0.6 is 12.4 Å². The molecule has 2 aromatic rings. The highest BCUT2D eigenvalue weighted by molar-refractivity contribution is 5.85. The lowest BCUT2D eigenvalue weighted by molar-refractivity contribution is 0.366. The predicted octanol–water partition coefficient (Wildman–Crippen LogP) is 2.77. The normalized spacial score (nSPS) is 16.2. The number of nitrogens with one attached hydrogen (secondary N) is 1. The maximum Gasteiger partial charge on any atom is 0.162 e. The lowest BCUT2D eigenvalue weighted by Gasteiger charge is -2.28. The SMILES string of the molecule is COc1cc(C2CNCc3c2ccc(OC)c3O)ccc1O.Cl. The zero-order chi connectivity index (χ0) is 15.7. The number of aromatic hydroxyl groups is 2. The van der Waals surface area contributed by atoms with Crippen LogP contribution in [0.1, 0.15) is 22.6 Å². The molecule has 23 heavy (non-hydrogen) atoms.